The van der Waals surface area contributed by atoms with Crippen LogP contribution in [0.1, 0.15) is 20.8 Å². The van der Waals surface area contributed by atoms with E-state index in [2.05, 4.69) is 5.32 Å². The van der Waals surface area contributed by atoms with E-state index in [1.807, 2.05) is 20.8 Å². The van der Waals surface area contributed by atoms with Crippen LogP contribution in [0.4, 0.5) is 5.69 Å². The third-order valence-corrected chi connectivity index (χ3v) is 4.30. The summed E-state index contributed by atoms with van der Waals surface area (Å²) in [6, 6.07) is 5.75. The molecule has 5 nitrogen and oxygen atoms in total. The maximum Gasteiger partial charge on any atom is 0.238 e. The Morgan fingerprint density at radius 2 is 1.79 bits per heavy atom. The molecule has 1 rings (SSSR count). The SMILES string of the molecule is CC(C)(C)SCC(=O)Nc1ccc(S(N)(=O)=O)cc1. The highest BCUT2D eigenvalue weighted by Gasteiger charge is 2.13. The second-order valence-corrected chi connectivity index (χ2v) is 8.38. The lowest BCUT2D eigenvalue weighted by atomic mass is 10.3. The van der Waals surface area contributed by atoms with Crippen molar-refractivity contribution in [2.24, 2.45) is 5.14 Å². The third kappa shape index (κ3) is 6.09. The first-order valence-corrected chi connectivity index (χ1v) is 8.18. The number of sulfonamides is 1. The molecule has 0 spiro atoms. The first kappa shape index (κ1) is 16.0. The van der Waals surface area contributed by atoms with Crippen molar-refractivity contribution >= 4 is 33.4 Å². The Labute approximate surface area is 118 Å². The van der Waals surface area contributed by atoms with Crippen LogP contribution in [0.15, 0.2) is 29.2 Å². The van der Waals surface area contributed by atoms with E-state index in [9.17, 15) is 13.2 Å². The van der Waals surface area contributed by atoms with Crippen molar-refractivity contribution < 1.29 is 13.2 Å². The van der Waals surface area contributed by atoms with E-state index in [4.69, 9.17) is 5.14 Å². The molecule has 0 saturated heterocycles. The van der Waals surface area contributed by atoms with Gasteiger partial charge in [-0.2, -0.15) is 0 Å². The Morgan fingerprint density at radius 1 is 1.26 bits per heavy atom. The molecule has 0 radical (unpaired) electrons. The van der Waals surface area contributed by atoms with Gasteiger partial charge in [0.25, 0.3) is 0 Å². The highest BCUT2D eigenvalue weighted by molar-refractivity contribution is 8.01. The minimum absolute atomic E-state index is 0.0226. The summed E-state index contributed by atoms with van der Waals surface area (Å²) < 4.78 is 22.2. The molecule has 0 unspecified atom stereocenters. The molecule has 0 saturated carbocycles. The van der Waals surface area contributed by atoms with Crippen LogP contribution < -0.4 is 10.5 Å². The number of benzene rings is 1. The number of carbonyl (C=O) groups is 1. The van der Waals surface area contributed by atoms with Crippen LogP contribution in [0, 0.1) is 0 Å². The fourth-order valence-corrected chi connectivity index (χ4v) is 2.36. The lowest BCUT2D eigenvalue weighted by Gasteiger charge is -2.17. The molecule has 0 bridgehead atoms. The first-order chi connectivity index (χ1) is 8.58. The maximum absolute atomic E-state index is 11.7. The molecule has 1 amide bonds. The average molecular weight is 302 g/mol. The average Bonchev–Trinajstić information content (AvgIpc) is 2.25. The second-order valence-electron chi connectivity index (χ2n) is 5.02. The van der Waals surface area contributed by atoms with Gasteiger partial charge >= 0.3 is 0 Å². The van der Waals surface area contributed by atoms with Gasteiger partial charge in [0.2, 0.25) is 15.9 Å². The highest BCUT2D eigenvalue weighted by Crippen LogP contribution is 2.23. The monoisotopic (exact) mass is 302 g/mol. The predicted molar refractivity (Wildman–Crippen MR) is 78.7 cm³/mol. The second kappa shape index (κ2) is 5.94. The van der Waals surface area contributed by atoms with Crippen molar-refractivity contribution in [1.29, 1.82) is 0 Å². The minimum Gasteiger partial charge on any atom is -0.325 e. The number of primary sulfonamides is 1. The summed E-state index contributed by atoms with van der Waals surface area (Å²) in [5.74, 6) is 0.226. The molecule has 1 aromatic rings. The Kier molecular flexibility index (Phi) is 5.00. The molecule has 1 aromatic carbocycles. The quantitative estimate of drug-likeness (QED) is 0.887. The molecule has 19 heavy (non-hydrogen) atoms. The number of carbonyl (C=O) groups excluding carboxylic acids is 1. The van der Waals surface area contributed by atoms with Crippen molar-refractivity contribution in [3.63, 3.8) is 0 Å². The van der Waals surface area contributed by atoms with Gasteiger partial charge in [0, 0.05) is 10.4 Å². The summed E-state index contributed by atoms with van der Waals surface area (Å²) in [6.45, 7) is 6.10. The van der Waals surface area contributed by atoms with Crippen molar-refractivity contribution in [2.75, 3.05) is 11.1 Å². The molecular formula is C12H18N2O3S2. The van der Waals surface area contributed by atoms with Gasteiger partial charge in [-0.05, 0) is 24.3 Å². The molecule has 0 aliphatic heterocycles. The largest absolute Gasteiger partial charge is 0.325 e. The number of rotatable bonds is 4. The molecule has 106 valence electrons. The highest BCUT2D eigenvalue weighted by atomic mass is 32.2. The molecule has 0 aliphatic rings. The maximum atomic E-state index is 11.7. The number of thioether (sulfide) groups is 1. The van der Waals surface area contributed by atoms with Crippen molar-refractivity contribution in [2.45, 2.75) is 30.4 Å². The van der Waals surface area contributed by atoms with Gasteiger partial charge in [-0.1, -0.05) is 20.8 Å². The summed E-state index contributed by atoms with van der Waals surface area (Å²) in [5.41, 5.74) is 0.548. The van der Waals surface area contributed by atoms with E-state index in [0.717, 1.165) is 0 Å². The lowest BCUT2D eigenvalue weighted by molar-refractivity contribution is -0.113. The molecule has 7 heteroatoms. The molecule has 0 heterocycles. The zero-order valence-corrected chi connectivity index (χ0v) is 12.8. The van der Waals surface area contributed by atoms with Gasteiger partial charge in [0.1, 0.15) is 0 Å². The summed E-state index contributed by atoms with van der Waals surface area (Å²) in [7, 11) is -3.69. The number of anilines is 1. The van der Waals surface area contributed by atoms with Crippen LogP contribution in [0.3, 0.4) is 0 Å². The van der Waals surface area contributed by atoms with Crippen LogP contribution in [0.2, 0.25) is 0 Å². The topological polar surface area (TPSA) is 89.3 Å². The van der Waals surface area contributed by atoms with Gasteiger partial charge < -0.3 is 5.32 Å². The number of nitrogens with one attached hydrogen (secondary N) is 1. The molecule has 0 aromatic heterocycles. The van der Waals surface area contributed by atoms with Crippen LogP contribution >= 0.6 is 11.8 Å². The number of amides is 1. The Balaban J connectivity index is 2.61. The zero-order valence-electron chi connectivity index (χ0n) is 11.1. The summed E-state index contributed by atoms with van der Waals surface area (Å²) >= 11 is 1.54. The Hall–Kier alpha value is -1.05. The van der Waals surface area contributed by atoms with Gasteiger partial charge in [-0.3, -0.25) is 4.79 Å². The smallest absolute Gasteiger partial charge is 0.238 e. The molecule has 3 N–H and O–H groups in total. The summed E-state index contributed by atoms with van der Waals surface area (Å²) in [6.07, 6.45) is 0. The molecule has 0 aliphatic carbocycles. The van der Waals surface area contributed by atoms with E-state index in [1.165, 1.54) is 24.3 Å². The Morgan fingerprint density at radius 3 is 2.21 bits per heavy atom. The van der Waals surface area contributed by atoms with Crippen molar-refractivity contribution in [1.82, 2.24) is 0 Å². The standard InChI is InChI=1S/C12H18N2O3S2/c1-12(2,3)18-8-11(15)14-9-4-6-10(7-5-9)19(13,16)17/h4-7H,8H2,1-3H3,(H,14,15)(H2,13,16,17). The fraction of sp³-hybridized carbons (Fsp3) is 0.417. The zero-order chi connectivity index (χ0) is 14.7. The van der Waals surface area contributed by atoms with Crippen molar-refractivity contribution in [3.8, 4) is 0 Å². The predicted octanol–water partition coefficient (Wildman–Crippen LogP) is 1.80. The van der Waals surface area contributed by atoms with E-state index in [1.54, 1.807) is 11.8 Å². The van der Waals surface area contributed by atoms with Crippen LogP contribution in [-0.4, -0.2) is 24.8 Å². The van der Waals surface area contributed by atoms with E-state index < -0.39 is 10.0 Å². The number of hydrogen-bond donors (Lipinski definition) is 2. The fourth-order valence-electron chi connectivity index (χ4n) is 1.21. The normalized spacial score (nSPS) is 12.2. The molecule has 0 atom stereocenters. The molecule has 0 fully saturated rings. The van der Waals surface area contributed by atoms with E-state index >= 15 is 0 Å². The van der Waals surface area contributed by atoms with Crippen molar-refractivity contribution in [3.05, 3.63) is 24.3 Å². The van der Waals surface area contributed by atoms with Gasteiger partial charge in [-0.25, -0.2) is 13.6 Å². The third-order valence-electron chi connectivity index (χ3n) is 2.10. The van der Waals surface area contributed by atoms with E-state index in [0.29, 0.717) is 11.4 Å². The number of hydrogen-bond acceptors (Lipinski definition) is 4. The molecular weight excluding hydrogens is 284 g/mol. The van der Waals surface area contributed by atoms with Crippen LogP contribution in [-0.2, 0) is 14.8 Å². The van der Waals surface area contributed by atoms with Crippen LogP contribution in [0.5, 0.6) is 0 Å². The Bertz CT molecular complexity index is 545. The first-order valence-electron chi connectivity index (χ1n) is 5.65. The van der Waals surface area contributed by atoms with Crippen LogP contribution in [0.25, 0.3) is 0 Å². The summed E-state index contributed by atoms with van der Waals surface area (Å²) in [5, 5.41) is 7.68. The van der Waals surface area contributed by atoms with Gasteiger partial charge in [0.15, 0.2) is 0 Å². The van der Waals surface area contributed by atoms with Gasteiger partial charge in [0.05, 0.1) is 10.6 Å². The van der Waals surface area contributed by atoms with E-state index in [-0.39, 0.29) is 15.5 Å². The number of nitrogens with two attached hydrogens (primary N) is 1. The minimum atomic E-state index is -3.69. The van der Waals surface area contributed by atoms with Gasteiger partial charge in [-0.15, -0.1) is 11.8 Å². The lowest BCUT2D eigenvalue weighted by Crippen LogP contribution is -2.19. The summed E-state index contributed by atoms with van der Waals surface area (Å²) in [4.78, 5) is 11.7.